The molecule has 4 rings (SSSR count). The van der Waals surface area contributed by atoms with Gasteiger partial charge in [-0.15, -0.1) is 12.4 Å². The highest BCUT2D eigenvalue weighted by molar-refractivity contribution is 6.30. The molecule has 0 unspecified atom stereocenters. The first-order chi connectivity index (χ1) is 15.1. The molecule has 1 amide bonds. The van der Waals surface area contributed by atoms with Gasteiger partial charge in [-0.1, -0.05) is 60.1 Å². The standard InChI is InChI=1S/C24H20ClN3O3.ClH/c25-23-13-22-20(14-26-23)19(24(30)28-31)12-21(27-22)18-9-7-17(8-10-18)16-5-3-15(4-6-16)2-1-11-29;/h3-10,12-14,29,31H,1-2,11H2,(H,28,30);1H. The number of aryl methyl sites for hydroxylation is 1. The SMILES string of the molecule is Cl.O=C(NO)c1cc(-c2ccc(-c3ccc(CCCO)cc3)cc2)nc2cc(Cl)ncc12. The maximum absolute atomic E-state index is 12.2. The molecular formula is C24H21Cl2N3O3. The van der Waals surface area contributed by atoms with Crippen molar-refractivity contribution in [1.82, 2.24) is 15.4 Å². The van der Waals surface area contributed by atoms with Crippen molar-refractivity contribution >= 4 is 40.8 Å². The molecule has 0 saturated heterocycles. The summed E-state index contributed by atoms with van der Waals surface area (Å²) in [4.78, 5) is 20.8. The van der Waals surface area contributed by atoms with E-state index in [1.165, 1.54) is 11.8 Å². The lowest BCUT2D eigenvalue weighted by atomic mass is 9.99. The van der Waals surface area contributed by atoms with Crippen LogP contribution >= 0.6 is 24.0 Å². The average Bonchev–Trinajstić information content (AvgIpc) is 2.81. The molecule has 0 spiro atoms. The van der Waals surface area contributed by atoms with E-state index in [9.17, 15) is 4.79 Å². The van der Waals surface area contributed by atoms with Crippen LogP contribution in [0.15, 0.2) is 66.9 Å². The molecule has 0 saturated carbocycles. The second-order valence-electron chi connectivity index (χ2n) is 7.12. The Morgan fingerprint density at radius 2 is 1.59 bits per heavy atom. The van der Waals surface area contributed by atoms with Crippen molar-refractivity contribution in [3.63, 3.8) is 0 Å². The van der Waals surface area contributed by atoms with Crippen LogP contribution in [0.3, 0.4) is 0 Å². The minimum absolute atomic E-state index is 0. The number of hydrogen-bond acceptors (Lipinski definition) is 5. The number of aliphatic hydroxyl groups is 1. The van der Waals surface area contributed by atoms with Gasteiger partial charge in [-0.05, 0) is 35.6 Å². The molecule has 8 heteroatoms. The van der Waals surface area contributed by atoms with Gasteiger partial charge in [0.1, 0.15) is 5.15 Å². The second kappa shape index (κ2) is 10.5. The van der Waals surface area contributed by atoms with Gasteiger partial charge in [0, 0.05) is 29.8 Å². The molecule has 0 aliphatic carbocycles. The maximum Gasteiger partial charge on any atom is 0.275 e. The fraction of sp³-hybridized carbons (Fsp3) is 0.125. The summed E-state index contributed by atoms with van der Waals surface area (Å²) in [5.41, 5.74) is 7.18. The summed E-state index contributed by atoms with van der Waals surface area (Å²) in [6.07, 6.45) is 3.07. The molecule has 4 aromatic rings. The van der Waals surface area contributed by atoms with Crippen LogP contribution in [-0.2, 0) is 6.42 Å². The van der Waals surface area contributed by atoms with E-state index in [0.717, 1.165) is 29.5 Å². The van der Waals surface area contributed by atoms with Gasteiger partial charge in [-0.25, -0.2) is 15.4 Å². The Morgan fingerprint density at radius 3 is 2.22 bits per heavy atom. The predicted octanol–water partition coefficient (Wildman–Crippen LogP) is 5.08. The van der Waals surface area contributed by atoms with Crippen molar-refractivity contribution in [3.8, 4) is 22.4 Å². The molecule has 32 heavy (non-hydrogen) atoms. The van der Waals surface area contributed by atoms with Crippen molar-refractivity contribution in [2.24, 2.45) is 0 Å². The minimum atomic E-state index is -0.643. The lowest BCUT2D eigenvalue weighted by Gasteiger charge is -2.10. The van der Waals surface area contributed by atoms with Crippen LogP contribution in [-0.4, -0.2) is 32.8 Å². The van der Waals surface area contributed by atoms with Crippen molar-refractivity contribution < 1.29 is 15.1 Å². The van der Waals surface area contributed by atoms with E-state index >= 15 is 0 Å². The Kier molecular flexibility index (Phi) is 7.77. The number of nitrogens with one attached hydrogen (secondary N) is 1. The van der Waals surface area contributed by atoms with Gasteiger partial charge in [0.15, 0.2) is 0 Å². The Bertz CT molecular complexity index is 1230. The third-order valence-electron chi connectivity index (χ3n) is 5.10. The molecule has 164 valence electrons. The van der Waals surface area contributed by atoms with Crippen LogP contribution in [0.2, 0.25) is 5.15 Å². The Hall–Kier alpha value is -3.03. The van der Waals surface area contributed by atoms with E-state index < -0.39 is 5.91 Å². The summed E-state index contributed by atoms with van der Waals surface area (Å²) in [7, 11) is 0. The van der Waals surface area contributed by atoms with E-state index in [-0.39, 0.29) is 29.7 Å². The quantitative estimate of drug-likeness (QED) is 0.208. The zero-order chi connectivity index (χ0) is 21.8. The molecular weight excluding hydrogens is 449 g/mol. The first kappa shape index (κ1) is 23.6. The number of rotatable bonds is 6. The van der Waals surface area contributed by atoms with Gasteiger partial charge in [0.2, 0.25) is 0 Å². The molecule has 0 bridgehead atoms. The summed E-state index contributed by atoms with van der Waals surface area (Å²) in [6.45, 7) is 0.191. The lowest BCUT2D eigenvalue weighted by molar-refractivity contribution is 0.0708. The van der Waals surface area contributed by atoms with Crippen LogP contribution in [0.5, 0.6) is 0 Å². The maximum atomic E-state index is 12.2. The topological polar surface area (TPSA) is 95.3 Å². The zero-order valence-electron chi connectivity index (χ0n) is 17.0. The van der Waals surface area contributed by atoms with Crippen molar-refractivity contribution in [2.75, 3.05) is 6.61 Å². The summed E-state index contributed by atoms with van der Waals surface area (Å²) in [5, 5.41) is 18.8. The van der Waals surface area contributed by atoms with Crippen LogP contribution in [0, 0.1) is 0 Å². The monoisotopic (exact) mass is 469 g/mol. The summed E-state index contributed by atoms with van der Waals surface area (Å²) < 4.78 is 0. The number of hydrogen-bond donors (Lipinski definition) is 3. The van der Waals surface area contributed by atoms with Crippen LogP contribution in [0.4, 0.5) is 0 Å². The fourth-order valence-corrected chi connectivity index (χ4v) is 3.63. The van der Waals surface area contributed by atoms with Gasteiger partial charge in [0.05, 0.1) is 16.8 Å². The second-order valence-corrected chi connectivity index (χ2v) is 7.51. The van der Waals surface area contributed by atoms with Gasteiger partial charge in [-0.2, -0.15) is 0 Å². The average molecular weight is 470 g/mol. The van der Waals surface area contributed by atoms with Crippen LogP contribution in [0.1, 0.15) is 22.3 Å². The highest BCUT2D eigenvalue weighted by Gasteiger charge is 2.14. The summed E-state index contributed by atoms with van der Waals surface area (Å²) >= 11 is 6.00. The molecule has 0 radical (unpaired) electrons. The van der Waals surface area contributed by atoms with Gasteiger partial charge < -0.3 is 5.11 Å². The number of carbonyl (C=O) groups excluding carboxylic acids is 1. The minimum Gasteiger partial charge on any atom is -0.396 e. The molecule has 3 N–H and O–H groups in total. The number of benzene rings is 2. The molecule has 6 nitrogen and oxygen atoms in total. The van der Waals surface area contributed by atoms with Crippen LogP contribution < -0.4 is 5.48 Å². The molecule has 2 heterocycles. The normalized spacial score (nSPS) is 10.6. The number of pyridine rings is 2. The molecule has 2 aromatic heterocycles. The third kappa shape index (κ3) is 5.06. The van der Waals surface area contributed by atoms with E-state index in [2.05, 4.69) is 34.2 Å². The summed E-state index contributed by atoms with van der Waals surface area (Å²) in [6, 6.07) is 19.3. The third-order valence-corrected chi connectivity index (χ3v) is 5.31. The highest BCUT2D eigenvalue weighted by Crippen LogP contribution is 2.28. The zero-order valence-corrected chi connectivity index (χ0v) is 18.5. The van der Waals surface area contributed by atoms with Crippen molar-refractivity contribution in [1.29, 1.82) is 0 Å². The Balaban J connectivity index is 0.00000289. The highest BCUT2D eigenvalue weighted by atomic mass is 35.5. The summed E-state index contributed by atoms with van der Waals surface area (Å²) in [5.74, 6) is -0.643. The fourth-order valence-electron chi connectivity index (χ4n) is 3.47. The van der Waals surface area contributed by atoms with Crippen LogP contribution in [0.25, 0.3) is 33.3 Å². The number of aliphatic hydroxyl groups excluding tert-OH is 1. The van der Waals surface area contributed by atoms with E-state index in [0.29, 0.717) is 16.6 Å². The Morgan fingerprint density at radius 1 is 0.969 bits per heavy atom. The number of nitrogens with zero attached hydrogens (tertiary/aromatic N) is 2. The Labute approximate surface area is 196 Å². The van der Waals surface area contributed by atoms with Gasteiger partial charge >= 0.3 is 0 Å². The van der Waals surface area contributed by atoms with E-state index in [1.807, 2.05) is 24.3 Å². The lowest BCUT2D eigenvalue weighted by Crippen LogP contribution is -2.19. The first-order valence-electron chi connectivity index (χ1n) is 9.80. The smallest absolute Gasteiger partial charge is 0.275 e. The van der Waals surface area contributed by atoms with Crippen molar-refractivity contribution in [3.05, 3.63) is 83.1 Å². The number of aromatic nitrogens is 2. The molecule has 0 fully saturated rings. The number of amides is 1. The number of halogens is 2. The number of carbonyl (C=O) groups is 1. The largest absolute Gasteiger partial charge is 0.396 e. The first-order valence-corrected chi connectivity index (χ1v) is 10.2. The van der Waals surface area contributed by atoms with E-state index in [4.69, 9.17) is 21.9 Å². The molecule has 0 aliphatic rings. The molecule has 0 atom stereocenters. The predicted molar refractivity (Wildman–Crippen MR) is 127 cm³/mol. The molecule has 2 aromatic carbocycles. The van der Waals surface area contributed by atoms with Gasteiger partial charge in [0.25, 0.3) is 5.91 Å². The number of fused-ring (bicyclic) bond motifs is 1. The molecule has 0 aliphatic heterocycles. The number of hydroxylamine groups is 1. The van der Waals surface area contributed by atoms with Crippen molar-refractivity contribution in [2.45, 2.75) is 12.8 Å². The van der Waals surface area contributed by atoms with E-state index in [1.54, 1.807) is 17.6 Å². The van der Waals surface area contributed by atoms with Gasteiger partial charge in [-0.3, -0.25) is 10.0 Å².